The van der Waals surface area contributed by atoms with E-state index in [1.165, 1.54) is 9.13 Å². The zero-order valence-electron chi connectivity index (χ0n) is 9.87. The predicted molar refractivity (Wildman–Crippen MR) is 74.1 cm³/mol. The summed E-state index contributed by atoms with van der Waals surface area (Å²) in [6.45, 7) is 1.05. The molecule has 84 valence electrons. The normalized spacial score (nSPS) is 13.5. The van der Waals surface area contributed by atoms with Crippen LogP contribution in [-0.4, -0.2) is 44.5 Å². The van der Waals surface area contributed by atoms with Crippen LogP contribution in [0, 0.1) is 3.57 Å². The van der Waals surface area contributed by atoms with Crippen molar-refractivity contribution in [3.05, 3.63) is 33.4 Å². The molecule has 0 N–H and O–H groups in total. The molecule has 0 aliphatic rings. The van der Waals surface area contributed by atoms with Crippen LogP contribution in [0.25, 0.3) is 0 Å². The highest BCUT2D eigenvalue weighted by atomic mass is 127. The summed E-state index contributed by atoms with van der Waals surface area (Å²) in [5, 5.41) is 0. The van der Waals surface area contributed by atoms with E-state index in [1.54, 1.807) is 0 Å². The second-order valence-corrected chi connectivity index (χ2v) is 5.43. The molecule has 0 saturated heterocycles. The fourth-order valence-electron chi connectivity index (χ4n) is 1.63. The third-order valence-electron chi connectivity index (χ3n) is 2.43. The molecule has 1 atom stereocenters. The quantitative estimate of drug-likeness (QED) is 0.787. The van der Waals surface area contributed by atoms with E-state index < -0.39 is 0 Å². The molecule has 1 rings (SSSR count). The first-order valence-electron chi connectivity index (χ1n) is 5.08. The largest absolute Gasteiger partial charge is 0.307 e. The summed E-state index contributed by atoms with van der Waals surface area (Å²) in [6, 6.07) is 9.06. The topological polar surface area (TPSA) is 6.48 Å². The Kier molecular flexibility index (Phi) is 5.02. The fraction of sp³-hybridized carbons (Fsp3) is 0.500. The molecule has 3 heteroatoms. The molecule has 0 heterocycles. The average Bonchev–Trinajstić information content (AvgIpc) is 2.15. The first-order valence-corrected chi connectivity index (χ1v) is 6.16. The van der Waals surface area contributed by atoms with Crippen LogP contribution in [0.2, 0.25) is 0 Å². The van der Waals surface area contributed by atoms with E-state index in [2.05, 4.69) is 84.8 Å². The van der Waals surface area contributed by atoms with Gasteiger partial charge in [0.05, 0.1) is 0 Å². The van der Waals surface area contributed by atoms with E-state index >= 15 is 0 Å². The van der Waals surface area contributed by atoms with E-state index in [0.717, 1.165) is 6.54 Å². The molecular formula is C12H19IN2. The number of hydrogen-bond acceptors (Lipinski definition) is 2. The molecule has 15 heavy (non-hydrogen) atoms. The molecule has 0 aliphatic carbocycles. The van der Waals surface area contributed by atoms with Crippen molar-refractivity contribution >= 4 is 22.6 Å². The van der Waals surface area contributed by atoms with Crippen molar-refractivity contribution in [2.75, 3.05) is 34.7 Å². The lowest BCUT2D eigenvalue weighted by Gasteiger charge is -2.28. The zero-order valence-corrected chi connectivity index (χ0v) is 12.0. The maximum atomic E-state index is 2.41. The molecule has 1 aromatic rings. The maximum absolute atomic E-state index is 2.41. The van der Waals surface area contributed by atoms with Gasteiger partial charge in [0.15, 0.2) is 0 Å². The van der Waals surface area contributed by atoms with Gasteiger partial charge in [-0.15, -0.1) is 0 Å². The lowest BCUT2D eigenvalue weighted by Crippen LogP contribution is -2.30. The molecule has 0 amide bonds. The summed E-state index contributed by atoms with van der Waals surface area (Å²) in [7, 11) is 8.51. The first kappa shape index (κ1) is 12.9. The van der Waals surface area contributed by atoms with Gasteiger partial charge in [0.2, 0.25) is 0 Å². The highest BCUT2D eigenvalue weighted by Crippen LogP contribution is 2.23. The number of halogens is 1. The Bertz CT molecular complexity index is 310. The third-order valence-corrected chi connectivity index (χ3v) is 3.41. The number of benzene rings is 1. The highest BCUT2D eigenvalue weighted by molar-refractivity contribution is 14.1. The van der Waals surface area contributed by atoms with Gasteiger partial charge in [-0.25, -0.2) is 0 Å². The summed E-state index contributed by atoms with van der Waals surface area (Å²) >= 11 is 2.41. The van der Waals surface area contributed by atoms with Crippen molar-refractivity contribution < 1.29 is 0 Å². The van der Waals surface area contributed by atoms with E-state index in [0.29, 0.717) is 6.04 Å². The van der Waals surface area contributed by atoms with Crippen LogP contribution >= 0.6 is 22.6 Å². The van der Waals surface area contributed by atoms with E-state index in [9.17, 15) is 0 Å². The minimum absolute atomic E-state index is 0.466. The minimum Gasteiger partial charge on any atom is -0.307 e. The molecule has 0 radical (unpaired) electrons. The molecule has 2 nitrogen and oxygen atoms in total. The SMILES string of the molecule is CN(C)CC(c1ccccc1I)N(C)C. The van der Waals surface area contributed by atoms with E-state index in [4.69, 9.17) is 0 Å². The van der Waals surface area contributed by atoms with Gasteiger partial charge in [0.1, 0.15) is 0 Å². The molecule has 1 unspecified atom stereocenters. The summed E-state index contributed by atoms with van der Waals surface area (Å²) in [5.74, 6) is 0. The molecule has 0 spiro atoms. The van der Waals surface area contributed by atoms with Gasteiger partial charge in [0.25, 0.3) is 0 Å². The summed E-state index contributed by atoms with van der Waals surface area (Å²) in [5.41, 5.74) is 1.41. The van der Waals surface area contributed by atoms with Crippen molar-refractivity contribution in [3.63, 3.8) is 0 Å². The monoisotopic (exact) mass is 318 g/mol. The van der Waals surface area contributed by atoms with Crippen LogP contribution < -0.4 is 0 Å². The number of hydrogen-bond donors (Lipinski definition) is 0. The van der Waals surface area contributed by atoms with E-state index in [-0.39, 0.29) is 0 Å². The Morgan fingerprint density at radius 3 is 2.20 bits per heavy atom. The van der Waals surface area contributed by atoms with Crippen molar-refractivity contribution in [1.29, 1.82) is 0 Å². The lowest BCUT2D eigenvalue weighted by atomic mass is 10.1. The Labute approximate surface area is 106 Å². The fourth-order valence-corrected chi connectivity index (χ4v) is 2.38. The van der Waals surface area contributed by atoms with Gasteiger partial charge in [-0.2, -0.15) is 0 Å². The second-order valence-electron chi connectivity index (χ2n) is 4.26. The van der Waals surface area contributed by atoms with Gasteiger partial charge in [-0.1, -0.05) is 18.2 Å². The highest BCUT2D eigenvalue weighted by Gasteiger charge is 2.16. The van der Waals surface area contributed by atoms with E-state index in [1.807, 2.05) is 0 Å². The van der Waals surface area contributed by atoms with Gasteiger partial charge in [0, 0.05) is 16.2 Å². The van der Waals surface area contributed by atoms with Gasteiger partial charge >= 0.3 is 0 Å². The Balaban J connectivity index is 2.94. The minimum atomic E-state index is 0.466. The van der Waals surface area contributed by atoms with Crippen LogP contribution in [0.5, 0.6) is 0 Å². The molecule has 0 aliphatic heterocycles. The predicted octanol–water partition coefficient (Wildman–Crippen LogP) is 2.46. The standard InChI is InChI=1S/C12H19IN2/c1-14(2)9-12(15(3)4)10-7-5-6-8-11(10)13/h5-8,12H,9H2,1-4H3. The number of likely N-dealkylation sites (N-methyl/N-ethyl adjacent to an activating group) is 2. The lowest BCUT2D eigenvalue weighted by molar-refractivity contribution is 0.231. The van der Waals surface area contributed by atoms with Gasteiger partial charge < -0.3 is 9.80 Å². The summed E-state index contributed by atoms with van der Waals surface area (Å²) in [6.07, 6.45) is 0. The Hall–Kier alpha value is -0.130. The second kappa shape index (κ2) is 5.82. The van der Waals surface area contributed by atoms with Crippen LogP contribution in [0.4, 0.5) is 0 Å². The van der Waals surface area contributed by atoms with Crippen LogP contribution in [0.1, 0.15) is 11.6 Å². The molecule has 0 aromatic heterocycles. The van der Waals surface area contributed by atoms with Crippen LogP contribution in [0.3, 0.4) is 0 Å². The van der Waals surface area contributed by atoms with Crippen molar-refractivity contribution in [2.24, 2.45) is 0 Å². The summed E-state index contributed by atoms with van der Waals surface area (Å²) in [4.78, 5) is 4.51. The Morgan fingerprint density at radius 1 is 1.13 bits per heavy atom. The zero-order chi connectivity index (χ0) is 11.4. The van der Waals surface area contributed by atoms with Gasteiger partial charge in [-0.05, 0) is 62.4 Å². The van der Waals surface area contributed by atoms with Crippen LogP contribution in [-0.2, 0) is 0 Å². The molecule has 0 bridgehead atoms. The van der Waals surface area contributed by atoms with Crippen LogP contribution in [0.15, 0.2) is 24.3 Å². The van der Waals surface area contributed by atoms with Crippen molar-refractivity contribution in [3.8, 4) is 0 Å². The third kappa shape index (κ3) is 3.74. The Morgan fingerprint density at radius 2 is 1.73 bits per heavy atom. The maximum Gasteiger partial charge on any atom is 0.0479 e. The molecule has 0 fully saturated rings. The van der Waals surface area contributed by atoms with Crippen molar-refractivity contribution in [1.82, 2.24) is 9.80 Å². The molecule has 1 aromatic carbocycles. The first-order chi connectivity index (χ1) is 7.02. The average molecular weight is 318 g/mol. The summed E-state index contributed by atoms with van der Waals surface area (Å²) < 4.78 is 1.34. The molecular weight excluding hydrogens is 299 g/mol. The molecule has 0 saturated carbocycles. The van der Waals surface area contributed by atoms with Crippen molar-refractivity contribution in [2.45, 2.75) is 6.04 Å². The number of nitrogens with zero attached hydrogens (tertiary/aromatic N) is 2. The number of rotatable bonds is 4. The smallest absolute Gasteiger partial charge is 0.0479 e. The van der Waals surface area contributed by atoms with Gasteiger partial charge in [-0.3, -0.25) is 0 Å².